The third-order valence-electron chi connectivity index (χ3n) is 8.32. The standard InChI is InChI=1S/C33H42ClN3O5S/c1-6-33(19-21(2)16-22(3)20-33)32(39)35-13-15-43(40,41)37-31(38)30-27(26-10-7-8-12-28(26)36-30)11-9-14-42-25-17-23(4)29(34)24(5)18-25/h7-8,10,12,17-18,22,36H,2,6,9,11,13-16,19-20H2,1,3-5H3,(H,35,39)(H,37,38). The lowest BCUT2D eigenvalue weighted by Crippen LogP contribution is -2.46. The molecule has 10 heteroatoms. The molecule has 43 heavy (non-hydrogen) atoms. The van der Waals surface area contributed by atoms with Crippen molar-refractivity contribution >= 4 is 44.3 Å². The molecule has 0 spiro atoms. The topological polar surface area (TPSA) is 117 Å². The molecule has 1 fully saturated rings. The van der Waals surface area contributed by atoms with Crippen molar-refractivity contribution < 1.29 is 22.7 Å². The number of ether oxygens (including phenoxy) is 1. The maximum atomic E-state index is 13.3. The molecule has 3 N–H and O–H groups in total. The van der Waals surface area contributed by atoms with Crippen LogP contribution in [0.25, 0.3) is 10.9 Å². The monoisotopic (exact) mass is 627 g/mol. The minimum atomic E-state index is -4.02. The van der Waals surface area contributed by atoms with Crippen LogP contribution in [0.3, 0.4) is 0 Å². The van der Waals surface area contributed by atoms with E-state index in [0.717, 1.165) is 51.8 Å². The minimum absolute atomic E-state index is 0.0927. The Balaban J connectivity index is 1.38. The molecule has 2 atom stereocenters. The second-order valence-corrected chi connectivity index (χ2v) is 14.1. The van der Waals surface area contributed by atoms with Crippen molar-refractivity contribution in [3.8, 4) is 5.75 Å². The molecule has 2 unspecified atom stereocenters. The Morgan fingerprint density at radius 3 is 2.56 bits per heavy atom. The Labute approximate surface area is 259 Å². The summed E-state index contributed by atoms with van der Waals surface area (Å²) in [5.74, 6) is -0.234. The van der Waals surface area contributed by atoms with Gasteiger partial charge in [-0.2, -0.15) is 0 Å². The van der Waals surface area contributed by atoms with E-state index in [-0.39, 0.29) is 18.1 Å². The number of aromatic amines is 1. The Morgan fingerprint density at radius 1 is 1.19 bits per heavy atom. The smallest absolute Gasteiger partial charge is 0.281 e. The fourth-order valence-corrected chi connectivity index (χ4v) is 7.24. The number of carbonyl (C=O) groups excluding carboxylic acids is 2. The van der Waals surface area contributed by atoms with E-state index in [1.807, 2.05) is 57.2 Å². The molecule has 2 amide bonds. The van der Waals surface area contributed by atoms with Gasteiger partial charge in [-0.1, -0.05) is 55.8 Å². The Morgan fingerprint density at radius 2 is 1.88 bits per heavy atom. The molecule has 1 aromatic heterocycles. The van der Waals surface area contributed by atoms with E-state index in [4.69, 9.17) is 16.3 Å². The average molecular weight is 628 g/mol. The number of hydrogen-bond donors (Lipinski definition) is 3. The average Bonchev–Trinajstić information content (AvgIpc) is 3.31. The van der Waals surface area contributed by atoms with Gasteiger partial charge in [0.1, 0.15) is 11.4 Å². The maximum Gasteiger partial charge on any atom is 0.281 e. The van der Waals surface area contributed by atoms with Gasteiger partial charge in [0.05, 0.1) is 17.8 Å². The van der Waals surface area contributed by atoms with E-state index in [9.17, 15) is 18.0 Å². The van der Waals surface area contributed by atoms with Gasteiger partial charge in [-0.3, -0.25) is 9.59 Å². The second kappa shape index (κ2) is 13.6. The summed E-state index contributed by atoms with van der Waals surface area (Å²) in [6.07, 6.45) is 4.00. The first-order chi connectivity index (χ1) is 20.3. The second-order valence-electron chi connectivity index (χ2n) is 11.9. The Bertz CT molecular complexity index is 1610. The Kier molecular flexibility index (Phi) is 10.3. The summed E-state index contributed by atoms with van der Waals surface area (Å²) < 4.78 is 34.0. The first-order valence-electron chi connectivity index (χ1n) is 14.8. The molecule has 3 aromatic rings. The third-order valence-corrected chi connectivity index (χ3v) is 10.2. The van der Waals surface area contributed by atoms with Crippen LogP contribution >= 0.6 is 11.6 Å². The summed E-state index contributed by atoms with van der Waals surface area (Å²) in [5.41, 5.74) is 4.01. The number of nitrogens with one attached hydrogen (secondary N) is 3. The van der Waals surface area contributed by atoms with Crippen molar-refractivity contribution in [3.05, 3.63) is 76.0 Å². The van der Waals surface area contributed by atoms with Crippen LogP contribution < -0.4 is 14.8 Å². The maximum absolute atomic E-state index is 13.3. The van der Waals surface area contributed by atoms with Gasteiger partial charge in [-0.25, -0.2) is 13.1 Å². The zero-order valence-corrected chi connectivity index (χ0v) is 27.0. The first-order valence-corrected chi connectivity index (χ1v) is 16.9. The summed E-state index contributed by atoms with van der Waals surface area (Å²) in [4.78, 5) is 29.5. The molecule has 8 nitrogen and oxygen atoms in total. The number of amides is 2. The lowest BCUT2D eigenvalue weighted by atomic mass is 9.66. The zero-order valence-electron chi connectivity index (χ0n) is 25.4. The summed E-state index contributed by atoms with van der Waals surface area (Å²) in [5, 5.41) is 4.37. The van der Waals surface area contributed by atoms with Gasteiger partial charge in [0.2, 0.25) is 15.9 Å². The van der Waals surface area contributed by atoms with E-state index in [2.05, 4.69) is 28.5 Å². The number of aromatic nitrogens is 1. The molecule has 4 rings (SSSR count). The van der Waals surface area contributed by atoms with E-state index in [1.54, 1.807) is 0 Å². The van der Waals surface area contributed by atoms with Crippen LogP contribution in [-0.2, 0) is 21.2 Å². The van der Waals surface area contributed by atoms with Gasteiger partial charge in [0, 0.05) is 22.5 Å². The number of rotatable bonds is 12. The molecule has 0 radical (unpaired) electrons. The molecule has 1 aliphatic rings. The van der Waals surface area contributed by atoms with Crippen molar-refractivity contribution in [1.82, 2.24) is 15.0 Å². The lowest BCUT2D eigenvalue weighted by Gasteiger charge is -2.39. The largest absolute Gasteiger partial charge is 0.494 e. The van der Waals surface area contributed by atoms with E-state index in [1.165, 1.54) is 0 Å². The zero-order chi connectivity index (χ0) is 31.4. The van der Waals surface area contributed by atoms with Gasteiger partial charge in [0.15, 0.2) is 0 Å². The number of para-hydroxylation sites is 1. The van der Waals surface area contributed by atoms with Gasteiger partial charge in [-0.15, -0.1) is 0 Å². The summed E-state index contributed by atoms with van der Waals surface area (Å²) in [6, 6.07) is 11.3. The first kappa shape index (κ1) is 32.6. The molecule has 1 heterocycles. The normalized spacial score (nSPS) is 18.9. The number of carbonyl (C=O) groups is 2. The van der Waals surface area contributed by atoms with Gasteiger partial charge < -0.3 is 15.0 Å². The van der Waals surface area contributed by atoms with Crippen LogP contribution in [-0.4, -0.2) is 44.1 Å². The van der Waals surface area contributed by atoms with Crippen LogP contribution in [0.15, 0.2) is 48.6 Å². The van der Waals surface area contributed by atoms with Crippen LogP contribution in [0, 0.1) is 25.2 Å². The highest BCUT2D eigenvalue weighted by molar-refractivity contribution is 7.90. The highest BCUT2D eigenvalue weighted by Gasteiger charge is 2.41. The molecular formula is C33H42ClN3O5S. The number of sulfonamides is 1. The van der Waals surface area contributed by atoms with Gasteiger partial charge in [0.25, 0.3) is 5.91 Å². The van der Waals surface area contributed by atoms with E-state index < -0.39 is 27.1 Å². The van der Waals surface area contributed by atoms with Gasteiger partial charge >= 0.3 is 0 Å². The number of H-pyrrole nitrogens is 1. The number of allylic oxidation sites excluding steroid dienone is 1. The van der Waals surface area contributed by atoms with Crippen molar-refractivity contribution in [2.24, 2.45) is 11.3 Å². The predicted molar refractivity (Wildman–Crippen MR) is 172 cm³/mol. The summed E-state index contributed by atoms with van der Waals surface area (Å²) in [6.45, 7) is 12.4. The van der Waals surface area contributed by atoms with E-state index >= 15 is 0 Å². The molecular weight excluding hydrogens is 586 g/mol. The molecule has 232 valence electrons. The lowest BCUT2D eigenvalue weighted by molar-refractivity contribution is -0.133. The fourth-order valence-electron chi connectivity index (χ4n) is 6.27. The van der Waals surface area contributed by atoms with Crippen molar-refractivity contribution in [2.45, 2.75) is 66.2 Å². The molecule has 0 bridgehead atoms. The molecule has 2 aromatic carbocycles. The van der Waals surface area contributed by atoms with Crippen molar-refractivity contribution in [2.75, 3.05) is 18.9 Å². The number of fused-ring (bicyclic) bond motifs is 1. The van der Waals surface area contributed by atoms with E-state index in [0.29, 0.717) is 43.2 Å². The van der Waals surface area contributed by atoms with Crippen molar-refractivity contribution in [1.29, 1.82) is 0 Å². The van der Waals surface area contributed by atoms with Crippen molar-refractivity contribution in [3.63, 3.8) is 0 Å². The molecule has 0 aliphatic heterocycles. The molecule has 1 saturated carbocycles. The van der Waals surface area contributed by atoms with Crippen LogP contribution in [0.2, 0.25) is 5.02 Å². The predicted octanol–water partition coefficient (Wildman–Crippen LogP) is 6.40. The third kappa shape index (κ3) is 7.81. The summed E-state index contributed by atoms with van der Waals surface area (Å²) in [7, 11) is -4.02. The quantitative estimate of drug-likeness (QED) is 0.159. The summed E-state index contributed by atoms with van der Waals surface area (Å²) >= 11 is 6.26. The van der Waals surface area contributed by atoms with Gasteiger partial charge in [-0.05, 0) is 93.2 Å². The minimum Gasteiger partial charge on any atom is -0.494 e. The number of benzene rings is 2. The number of aryl methyl sites for hydroxylation is 3. The molecule has 1 aliphatic carbocycles. The molecule has 0 saturated heterocycles. The number of hydrogen-bond acceptors (Lipinski definition) is 5. The number of halogens is 1. The SMILES string of the molecule is C=C1CC(C)CC(CC)(C(=O)NCCS(=O)(=O)NC(=O)c2[nH]c3ccccc3c2CCCOc2cc(C)c(Cl)c(C)c2)C1. The Hall–Kier alpha value is -3.30. The van der Waals surface area contributed by atoms with Crippen LogP contribution in [0.4, 0.5) is 0 Å². The highest BCUT2D eigenvalue weighted by atomic mass is 35.5. The van der Waals surface area contributed by atoms with Crippen LogP contribution in [0.1, 0.15) is 73.1 Å². The fraction of sp³-hybridized carbons (Fsp3) is 0.455. The van der Waals surface area contributed by atoms with Crippen LogP contribution in [0.5, 0.6) is 5.75 Å². The highest BCUT2D eigenvalue weighted by Crippen LogP contribution is 2.44.